The van der Waals surface area contributed by atoms with Gasteiger partial charge in [-0.25, -0.2) is 19.2 Å². The van der Waals surface area contributed by atoms with Gasteiger partial charge in [-0.3, -0.25) is 14.5 Å². The van der Waals surface area contributed by atoms with Crippen molar-refractivity contribution in [3.05, 3.63) is 144 Å². The molecule has 4 aromatic carbocycles. The van der Waals surface area contributed by atoms with Gasteiger partial charge >= 0.3 is 23.9 Å². The Kier molecular flexibility index (Phi) is 10.9. The second-order valence-corrected chi connectivity index (χ2v) is 12.4. The Morgan fingerprint density at radius 3 is 1.27 bits per heavy atom. The highest BCUT2D eigenvalue weighted by Gasteiger charge is 2.59. The number of carbonyl (C=O) groups excluding carboxylic acids is 6. The number of hydrogen-bond donors (Lipinski definition) is 0. The first-order valence-electron chi connectivity index (χ1n) is 16.7. The lowest BCUT2D eigenvalue weighted by atomic mass is 9.96. The quantitative estimate of drug-likeness (QED) is 0.126. The van der Waals surface area contributed by atoms with E-state index < -0.39 is 84.8 Å². The third kappa shape index (κ3) is 7.62. The van der Waals surface area contributed by atoms with E-state index in [4.69, 9.17) is 23.7 Å². The summed E-state index contributed by atoms with van der Waals surface area (Å²) in [7, 11) is 0. The average Bonchev–Trinajstić information content (AvgIpc) is 3.37. The molecule has 0 bridgehead atoms. The summed E-state index contributed by atoms with van der Waals surface area (Å²) in [6.45, 7) is 2.57. The van der Waals surface area contributed by atoms with E-state index in [-0.39, 0.29) is 22.3 Å². The van der Waals surface area contributed by atoms with Crippen LogP contribution < -0.4 is 0 Å². The van der Waals surface area contributed by atoms with E-state index in [9.17, 15) is 28.8 Å². The number of esters is 4. The lowest BCUT2D eigenvalue weighted by Crippen LogP contribution is -2.67. The number of carbonyl (C=O) groups is 6. The second-order valence-electron chi connectivity index (χ2n) is 12.4. The molecular formula is C40H35NO11. The Morgan fingerprint density at radius 1 is 0.519 bits per heavy atom. The molecular weight excluding hydrogens is 670 g/mol. The van der Waals surface area contributed by atoms with Crippen LogP contribution >= 0.6 is 0 Å². The maximum atomic E-state index is 13.8. The number of hydrogen-bond acceptors (Lipinski definition) is 11. The van der Waals surface area contributed by atoms with Crippen molar-refractivity contribution in [1.29, 1.82) is 0 Å². The number of likely N-dealkylation sites (tertiary alicyclic amines) is 1. The molecule has 266 valence electrons. The zero-order valence-electron chi connectivity index (χ0n) is 28.2. The van der Waals surface area contributed by atoms with Crippen molar-refractivity contribution >= 4 is 35.7 Å². The summed E-state index contributed by atoms with van der Waals surface area (Å²) in [6, 6.07) is 31.8. The normalized spacial score (nSPS) is 24.1. The first-order valence-corrected chi connectivity index (χ1v) is 16.7. The van der Waals surface area contributed by atoms with E-state index >= 15 is 0 Å². The molecule has 0 aliphatic carbocycles. The van der Waals surface area contributed by atoms with Gasteiger partial charge in [0.2, 0.25) is 11.8 Å². The van der Waals surface area contributed by atoms with Gasteiger partial charge in [0.25, 0.3) is 0 Å². The molecule has 52 heavy (non-hydrogen) atoms. The van der Waals surface area contributed by atoms with Gasteiger partial charge in [0.1, 0.15) is 12.7 Å². The van der Waals surface area contributed by atoms with Gasteiger partial charge in [0, 0.05) is 11.8 Å². The van der Waals surface area contributed by atoms with Crippen LogP contribution in [0.5, 0.6) is 0 Å². The number of benzene rings is 4. The van der Waals surface area contributed by atoms with Crippen LogP contribution in [0.15, 0.2) is 121 Å². The molecule has 2 amide bonds. The van der Waals surface area contributed by atoms with E-state index in [0.29, 0.717) is 0 Å². The number of imide groups is 1. The van der Waals surface area contributed by atoms with Crippen LogP contribution in [0.2, 0.25) is 0 Å². The molecule has 0 aromatic heterocycles. The van der Waals surface area contributed by atoms with E-state index in [1.54, 1.807) is 86.6 Å². The van der Waals surface area contributed by atoms with Gasteiger partial charge in [-0.1, -0.05) is 86.6 Å². The Labute approximate surface area is 299 Å². The van der Waals surface area contributed by atoms with Gasteiger partial charge in [-0.2, -0.15) is 0 Å². The molecule has 0 spiro atoms. The summed E-state index contributed by atoms with van der Waals surface area (Å²) in [5, 5.41) is 0. The van der Waals surface area contributed by atoms with Crippen LogP contribution in [-0.4, -0.2) is 77.8 Å². The fourth-order valence-corrected chi connectivity index (χ4v) is 5.98. The molecule has 0 N–H and O–H groups in total. The molecule has 12 nitrogen and oxygen atoms in total. The van der Waals surface area contributed by atoms with Crippen molar-refractivity contribution in [2.24, 2.45) is 11.8 Å². The maximum absolute atomic E-state index is 13.8. The predicted molar refractivity (Wildman–Crippen MR) is 183 cm³/mol. The van der Waals surface area contributed by atoms with Crippen LogP contribution in [0.3, 0.4) is 0 Å². The van der Waals surface area contributed by atoms with Crippen molar-refractivity contribution in [3.63, 3.8) is 0 Å². The van der Waals surface area contributed by atoms with Crippen LogP contribution in [0.1, 0.15) is 55.3 Å². The van der Waals surface area contributed by atoms with Gasteiger partial charge in [0.05, 0.1) is 22.3 Å². The Hall–Kier alpha value is -6.14. The Morgan fingerprint density at radius 2 is 0.865 bits per heavy atom. The van der Waals surface area contributed by atoms with Crippen molar-refractivity contribution in [3.8, 4) is 0 Å². The standard InChI is InChI=1S/C40H35NO11/c1-24-25(2)35(43)41(34(24)42)36-33(52-40(47)29-21-13-6-14-22-29)32(51-39(46)28-19-11-5-12-20-28)31(50-38(45)27-17-9-4-10-18-27)30(49-36)23-48-37(44)26-15-7-3-8-16-26/h3-22,24-25,30-33,36H,23H2,1-2H3/t24-,25+,30-,31-,32+,33-,36-/m1/s1. The minimum Gasteiger partial charge on any atom is -0.459 e. The van der Waals surface area contributed by atoms with Crippen LogP contribution in [0.4, 0.5) is 0 Å². The van der Waals surface area contributed by atoms with E-state index in [0.717, 1.165) is 4.90 Å². The van der Waals surface area contributed by atoms with E-state index in [1.165, 1.54) is 48.5 Å². The fraction of sp³-hybridized carbons (Fsp3) is 0.250. The van der Waals surface area contributed by atoms with Crippen molar-refractivity contribution < 1.29 is 52.5 Å². The van der Waals surface area contributed by atoms with Crippen LogP contribution in [-0.2, 0) is 33.3 Å². The van der Waals surface area contributed by atoms with Crippen molar-refractivity contribution in [2.75, 3.05) is 6.61 Å². The number of amides is 2. The molecule has 12 heteroatoms. The largest absolute Gasteiger partial charge is 0.459 e. The number of nitrogens with zero attached hydrogens (tertiary/aromatic N) is 1. The summed E-state index contributed by atoms with van der Waals surface area (Å²) in [5.74, 6) is -6.20. The average molecular weight is 706 g/mol. The fourth-order valence-electron chi connectivity index (χ4n) is 5.98. The molecule has 0 unspecified atom stereocenters. The summed E-state index contributed by atoms with van der Waals surface area (Å²) < 4.78 is 30.0. The first kappa shape index (κ1) is 35.7. The minimum atomic E-state index is -1.72. The van der Waals surface area contributed by atoms with E-state index in [2.05, 4.69) is 0 Å². The monoisotopic (exact) mass is 705 g/mol. The molecule has 0 saturated carbocycles. The minimum absolute atomic E-state index is 0.104. The molecule has 2 fully saturated rings. The van der Waals surface area contributed by atoms with Gasteiger partial charge in [-0.05, 0) is 48.5 Å². The highest BCUT2D eigenvalue weighted by atomic mass is 16.7. The highest BCUT2D eigenvalue weighted by molar-refractivity contribution is 6.05. The zero-order chi connectivity index (χ0) is 36.8. The summed E-state index contributed by atoms with van der Waals surface area (Å²) in [6.07, 6.45) is -8.16. The third-order valence-corrected chi connectivity index (χ3v) is 9.01. The van der Waals surface area contributed by atoms with Crippen LogP contribution in [0, 0.1) is 11.8 Å². The molecule has 7 atom stereocenters. The summed E-state index contributed by atoms with van der Waals surface area (Å²) in [5.41, 5.74) is 0.548. The van der Waals surface area contributed by atoms with Crippen molar-refractivity contribution in [1.82, 2.24) is 4.90 Å². The lowest BCUT2D eigenvalue weighted by Gasteiger charge is -2.46. The van der Waals surface area contributed by atoms with Gasteiger partial charge in [0.15, 0.2) is 24.5 Å². The molecule has 2 aliphatic heterocycles. The first-order chi connectivity index (χ1) is 25.1. The van der Waals surface area contributed by atoms with Gasteiger partial charge < -0.3 is 23.7 Å². The molecule has 2 saturated heterocycles. The predicted octanol–water partition coefficient (Wildman–Crippen LogP) is 4.89. The van der Waals surface area contributed by atoms with E-state index in [1.807, 2.05) is 0 Å². The topological polar surface area (TPSA) is 152 Å². The molecule has 2 heterocycles. The Bertz CT molecular complexity index is 1900. The maximum Gasteiger partial charge on any atom is 0.338 e. The third-order valence-electron chi connectivity index (χ3n) is 9.01. The zero-order valence-corrected chi connectivity index (χ0v) is 28.2. The highest BCUT2D eigenvalue weighted by Crippen LogP contribution is 2.37. The number of ether oxygens (including phenoxy) is 5. The summed E-state index contributed by atoms with van der Waals surface area (Å²) in [4.78, 5) is 82.4. The lowest BCUT2D eigenvalue weighted by molar-refractivity contribution is -0.257. The SMILES string of the molecule is C[C@@H]1C(=O)N([C@@H]2O[C@H](COC(=O)c3ccccc3)[C@@H](OC(=O)c3ccccc3)[C@H](OC(=O)c3ccccc3)[C@H]2OC(=O)c2ccccc2)C(=O)[C@@H]1C. The second kappa shape index (κ2) is 15.8. The molecule has 0 radical (unpaired) electrons. The molecule has 2 aliphatic rings. The summed E-state index contributed by atoms with van der Waals surface area (Å²) >= 11 is 0. The van der Waals surface area contributed by atoms with Crippen molar-refractivity contribution in [2.45, 2.75) is 44.5 Å². The molecule has 6 rings (SSSR count). The van der Waals surface area contributed by atoms with Crippen LogP contribution in [0.25, 0.3) is 0 Å². The molecule has 4 aromatic rings. The Balaban J connectivity index is 1.46. The van der Waals surface area contributed by atoms with Gasteiger partial charge in [-0.15, -0.1) is 0 Å². The smallest absolute Gasteiger partial charge is 0.338 e. The number of rotatable bonds is 10.